The van der Waals surface area contributed by atoms with E-state index in [2.05, 4.69) is 0 Å². The number of halogens is 3. The molecule has 0 saturated carbocycles. The zero-order chi connectivity index (χ0) is 16.8. The van der Waals surface area contributed by atoms with Gasteiger partial charge in [-0.3, -0.25) is 0 Å². The predicted molar refractivity (Wildman–Crippen MR) is 82.3 cm³/mol. The lowest BCUT2D eigenvalue weighted by Crippen LogP contribution is -2.36. The number of hydrogen-bond donors (Lipinski definition) is 0. The van der Waals surface area contributed by atoms with E-state index in [1.807, 2.05) is 20.8 Å². The van der Waals surface area contributed by atoms with E-state index < -0.39 is 26.4 Å². The van der Waals surface area contributed by atoms with Crippen molar-refractivity contribution in [3.8, 4) is 0 Å². The summed E-state index contributed by atoms with van der Waals surface area (Å²) in [6.45, 7) is 5.76. The molecule has 0 aliphatic carbocycles. The zero-order valence-electron chi connectivity index (χ0n) is 14.0. The number of alkyl halides is 3. The third-order valence-corrected chi connectivity index (χ3v) is 3.13. The number of unbranched alkanes of at least 4 members (excludes halogenated alkanes) is 3. The first kappa shape index (κ1) is 21.7. The molecule has 7 heteroatoms. The van der Waals surface area contributed by atoms with E-state index in [0.29, 0.717) is 19.3 Å². The molecule has 0 bridgehead atoms. The highest BCUT2D eigenvalue weighted by Crippen LogP contribution is 2.16. The van der Waals surface area contributed by atoms with Crippen molar-refractivity contribution in [2.75, 3.05) is 0 Å². The summed E-state index contributed by atoms with van der Waals surface area (Å²) >= 11 is 0. The lowest BCUT2D eigenvalue weighted by Gasteiger charge is -2.20. The average Bonchev–Trinajstić information content (AvgIpc) is 2.48. The lowest BCUT2D eigenvalue weighted by atomic mass is 10.1. The maximum absolute atomic E-state index is 13.6. The van der Waals surface area contributed by atoms with Gasteiger partial charge in [-0.05, 0) is 19.3 Å². The molecule has 3 nitrogen and oxygen atoms in total. The van der Waals surface area contributed by atoms with Crippen molar-refractivity contribution >= 4 is 7.32 Å². The Morgan fingerprint density at radius 1 is 0.636 bits per heavy atom. The van der Waals surface area contributed by atoms with E-state index in [1.54, 1.807) is 0 Å². The van der Waals surface area contributed by atoms with Crippen molar-refractivity contribution < 1.29 is 27.1 Å². The van der Waals surface area contributed by atoms with Crippen LogP contribution in [0.3, 0.4) is 0 Å². The molecule has 0 spiro atoms. The fraction of sp³-hybridized carbons (Fsp3) is 1.00. The third-order valence-electron chi connectivity index (χ3n) is 3.13. The number of hydrogen-bond acceptors (Lipinski definition) is 3. The summed E-state index contributed by atoms with van der Waals surface area (Å²) in [5.41, 5.74) is 0. The topological polar surface area (TPSA) is 27.7 Å². The molecule has 0 N–H and O–H groups in total. The summed E-state index contributed by atoms with van der Waals surface area (Å²) in [4.78, 5) is 0. The molecule has 0 aromatic carbocycles. The molecule has 3 unspecified atom stereocenters. The molecule has 0 amide bonds. The molecule has 0 saturated heterocycles. The minimum atomic E-state index is -1.65. The van der Waals surface area contributed by atoms with Gasteiger partial charge in [-0.1, -0.05) is 40.0 Å². The van der Waals surface area contributed by atoms with Crippen LogP contribution in [0.4, 0.5) is 13.2 Å². The van der Waals surface area contributed by atoms with Crippen LogP contribution >= 0.6 is 0 Å². The Kier molecular flexibility index (Phi) is 14.2. The van der Waals surface area contributed by atoms with Crippen molar-refractivity contribution in [3.63, 3.8) is 0 Å². The van der Waals surface area contributed by atoms with Gasteiger partial charge in [0.2, 0.25) is 0 Å². The summed E-state index contributed by atoms with van der Waals surface area (Å²) in [7, 11) is -1.65. The van der Waals surface area contributed by atoms with Gasteiger partial charge in [0.1, 0.15) is 0 Å². The second-order valence-corrected chi connectivity index (χ2v) is 5.35. The van der Waals surface area contributed by atoms with E-state index >= 15 is 0 Å². The van der Waals surface area contributed by atoms with Gasteiger partial charge in [0.05, 0.1) is 0 Å². The average molecular weight is 326 g/mol. The van der Waals surface area contributed by atoms with Crippen LogP contribution < -0.4 is 0 Å². The fourth-order valence-electron chi connectivity index (χ4n) is 1.76. The van der Waals surface area contributed by atoms with Gasteiger partial charge >= 0.3 is 7.32 Å². The van der Waals surface area contributed by atoms with Crippen LogP contribution in [-0.4, -0.2) is 26.4 Å². The normalized spacial score (nSPS) is 15.5. The molecule has 0 aromatic heterocycles. The van der Waals surface area contributed by atoms with Crippen LogP contribution in [0.2, 0.25) is 0 Å². The Bertz CT molecular complexity index is 212. The standard InChI is InChI=1S/C15H30BF3O3/c1-4-7-10-13(17)20-16(21-14(18)11-8-5-2)22-15(19)12-9-6-3/h13-15H,4-12H2,1-3H3. The quantitative estimate of drug-likeness (QED) is 0.373. The Hall–Kier alpha value is -0.265. The summed E-state index contributed by atoms with van der Waals surface area (Å²) in [6.07, 6.45) is -0.216. The molecule has 0 aromatic rings. The van der Waals surface area contributed by atoms with Gasteiger partial charge in [0, 0.05) is 19.3 Å². The van der Waals surface area contributed by atoms with E-state index in [-0.39, 0.29) is 19.3 Å². The van der Waals surface area contributed by atoms with Crippen molar-refractivity contribution in [2.24, 2.45) is 0 Å². The molecule has 0 heterocycles. The second kappa shape index (κ2) is 14.3. The van der Waals surface area contributed by atoms with Crippen LogP contribution in [0.5, 0.6) is 0 Å². The molecule has 0 fully saturated rings. The monoisotopic (exact) mass is 326 g/mol. The summed E-state index contributed by atoms with van der Waals surface area (Å²) in [6, 6.07) is 0. The Morgan fingerprint density at radius 2 is 0.909 bits per heavy atom. The fourth-order valence-corrected chi connectivity index (χ4v) is 1.76. The zero-order valence-corrected chi connectivity index (χ0v) is 14.0. The molecule has 22 heavy (non-hydrogen) atoms. The molecular formula is C15H30BF3O3. The van der Waals surface area contributed by atoms with Crippen molar-refractivity contribution in [1.82, 2.24) is 0 Å². The van der Waals surface area contributed by atoms with E-state index in [1.165, 1.54) is 0 Å². The Morgan fingerprint density at radius 3 is 1.14 bits per heavy atom. The van der Waals surface area contributed by atoms with E-state index in [0.717, 1.165) is 19.3 Å². The lowest BCUT2D eigenvalue weighted by molar-refractivity contribution is -0.0868. The number of rotatable bonds is 15. The molecule has 0 radical (unpaired) electrons. The van der Waals surface area contributed by atoms with E-state index in [4.69, 9.17) is 14.0 Å². The minimum absolute atomic E-state index is 0.150. The molecule has 3 atom stereocenters. The van der Waals surface area contributed by atoms with Crippen molar-refractivity contribution in [2.45, 2.75) is 97.6 Å². The van der Waals surface area contributed by atoms with Gasteiger partial charge in [0.25, 0.3) is 0 Å². The largest absolute Gasteiger partial charge is 0.645 e. The maximum atomic E-state index is 13.6. The highest BCUT2D eigenvalue weighted by molar-refractivity contribution is 6.36. The predicted octanol–water partition coefficient (Wildman–Crippen LogP) is 5.48. The van der Waals surface area contributed by atoms with Gasteiger partial charge < -0.3 is 14.0 Å². The van der Waals surface area contributed by atoms with Gasteiger partial charge in [-0.15, -0.1) is 0 Å². The van der Waals surface area contributed by atoms with Crippen LogP contribution in [-0.2, 0) is 14.0 Å². The Balaban J connectivity index is 4.34. The second-order valence-electron chi connectivity index (χ2n) is 5.35. The summed E-state index contributed by atoms with van der Waals surface area (Å²) in [5, 5.41) is 0. The minimum Gasteiger partial charge on any atom is -0.355 e. The van der Waals surface area contributed by atoms with Crippen molar-refractivity contribution in [3.05, 3.63) is 0 Å². The highest BCUT2D eigenvalue weighted by Gasteiger charge is 2.32. The van der Waals surface area contributed by atoms with Gasteiger partial charge in [0.15, 0.2) is 19.1 Å². The van der Waals surface area contributed by atoms with Crippen molar-refractivity contribution in [1.29, 1.82) is 0 Å². The molecule has 0 rings (SSSR count). The van der Waals surface area contributed by atoms with Crippen LogP contribution in [0, 0.1) is 0 Å². The molecule has 132 valence electrons. The summed E-state index contributed by atoms with van der Waals surface area (Å²) in [5.74, 6) is 0. The molecule has 0 aliphatic heterocycles. The maximum Gasteiger partial charge on any atom is 0.645 e. The first-order valence-electron chi connectivity index (χ1n) is 8.41. The Labute approximate surface area is 133 Å². The SMILES string of the molecule is CCCCC(F)OB(OC(F)CCCC)OC(F)CCCC. The molecular weight excluding hydrogens is 296 g/mol. The third kappa shape index (κ3) is 12.3. The van der Waals surface area contributed by atoms with Crippen LogP contribution in [0.25, 0.3) is 0 Å². The first-order chi connectivity index (χ1) is 10.5. The summed E-state index contributed by atoms with van der Waals surface area (Å²) < 4.78 is 55.4. The first-order valence-corrected chi connectivity index (χ1v) is 8.41. The highest BCUT2D eigenvalue weighted by atomic mass is 19.2. The van der Waals surface area contributed by atoms with Gasteiger partial charge in [-0.25, -0.2) is 13.2 Å². The van der Waals surface area contributed by atoms with E-state index in [9.17, 15) is 13.2 Å². The van der Waals surface area contributed by atoms with Crippen LogP contribution in [0.1, 0.15) is 78.6 Å². The van der Waals surface area contributed by atoms with Crippen LogP contribution in [0.15, 0.2) is 0 Å². The van der Waals surface area contributed by atoms with Gasteiger partial charge in [-0.2, -0.15) is 0 Å². The molecule has 0 aliphatic rings. The smallest absolute Gasteiger partial charge is 0.355 e.